The lowest BCUT2D eigenvalue weighted by atomic mass is 10.1. The molecule has 1 amide bonds. The molecule has 10 heteroatoms. The highest BCUT2D eigenvalue weighted by molar-refractivity contribution is 6.07. The number of nitrogen functional groups attached to an aromatic ring is 1. The second-order valence-electron chi connectivity index (χ2n) is 8.65. The molecule has 3 N–H and O–H groups in total. The average molecular weight is 481 g/mol. The number of ether oxygens (including phenoxy) is 1. The monoisotopic (exact) mass is 480 g/mol. The summed E-state index contributed by atoms with van der Waals surface area (Å²) >= 11 is 0. The number of carbonyl (C=O) groups excluding carboxylic acids is 1. The molecule has 10 nitrogen and oxygen atoms in total. The third kappa shape index (κ3) is 4.79. The Bertz CT molecular complexity index is 1310. The van der Waals surface area contributed by atoms with Crippen LogP contribution in [0.15, 0.2) is 39.9 Å². The van der Waals surface area contributed by atoms with Gasteiger partial charge in [-0.15, -0.1) is 0 Å². The van der Waals surface area contributed by atoms with E-state index in [4.69, 9.17) is 15.5 Å². The Morgan fingerprint density at radius 2 is 1.97 bits per heavy atom. The van der Waals surface area contributed by atoms with Crippen LogP contribution in [0.1, 0.15) is 48.8 Å². The second kappa shape index (κ2) is 10.7. The van der Waals surface area contributed by atoms with Gasteiger partial charge in [0.25, 0.3) is 11.5 Å². The van der Waals surface area contributed by atoms with Gasteiger partial charge in [-0.3, -0.25) is 24.0 Å². The highest BCUT2D eigenvalue weighted by atomic mass is 16.5. The van der Waals surface area contributed by atoms with Gasteiger partial charge in [0.2, 0.25) is 0 Å². The molecule has 35 heavy (non-hydrogen) atoms. The molecule has 0 atom stereocenters. The van der Waals surface area contributed by atoms with Crippen molar-refractivity contribution < 1.29 is 9.53 Å². The zero-order chi connectivity index (χ0) is 24.9. The van der Waals surface area contributed by atoms with Crippen molar-refractivity contribution in [3.63, 3.8) is 0 Å². The number of nitrogens with zero attached hydrogens (tertiary/aromatic N) is 4. The second-order valence-corrected chi connectivity index (χ2v) is 8.65. The molecule has 0 saturated carbocycles. The summed E-state index contributed by atoms with van der Waals surface area (Å²) in [5.41, 5.74) is 7.01. The summed E-state index contributed by atoms with van der Waals surface area (Å²) < 4.78 is 8.63. The first kappa shape index (κ1) is 24.5. The molecule has 1 aromatic carbocycles. The van der Waals surface area contributed by atoms with Gasteiger partial charge < -0.3 is 15.0 Å². The predicted molar refractivity (Wildman–Crippen MR) is 135 cm³/mol. The number of aromatic amines is 1. The van der Waals surface area contributed by atoms with Crippen molar-refractivity contribution in [3.05, 3.63) is 62.6 Å². The van der Waals surface area contributed by atoms with E-state index in [9.17, 15) is 14.4 Å². The zero-order valence-corrected chi connectivity index (χ0v) is 20.2. The topological polar surface area (TPSA) is 128 Å². The molecule has 0 bridgehead atoms. The number of H-pyrrole nitrogens is 1. The third-order valence-electron chi connectivity index (χ3n) is 6.30. The number of benzene rings is 1. The van der Waals surface area contributed by atoms with Crippen molar-refractivity contribution in [3.8, 4) is 11.4 Å². The molecule has 0 unspecified atom stereocenters. The van der Waals surface area contributed by atoms with E-state index in [1.165, 1.54) is 16.6 Å². The number of fused-ring (bicyclic) bond motifs is 1. The Morgan fingerprint density at radius 1 is 1.20 bits per heavy atom. The summed E-state index contributed by atoms with van der Waals surface area (Å²) in [5, 5.41) is 0. The fourth-order valence-corrected chi connectivity index (χ4v) is 4.61. The summed E-state index contributed by atoms with van der Waals surface area (Å²) in [6, 6.07) is 9.77. The Balaban J connectivity index is 1.87. The van der Waals surface area contributed by atoms with Gasteiger partial charge in [-0.1, -0.05) is 43.7 Å². The Hall–Kier alpha value is -3.66. The van der Waals surface area contributed by atoms with E-state index >= 15 is 0 Å². The molecule has 1 aliphatic heterocycles. The number of hydrogen-bond donors (Lipinski definition) is 2. The van der Waals surface area contributed by atoms with Crippen molar-refractivity contribution in [1.29, 1.82) is 0 Å². The van der Waals surface area contributed by atoms with Crippen LogP contribution in [0.2, 0.25) is 0 Å². The maximum atomic E-state index is 14.0. The Kier molecular flexibility index (Phi) is 7.50. The van der Waals surface area contributed by atoms with Crippen molar-refractivity contribution in [2.75, 3.05) is 30.9 Å². The van der Waals surface area contributed by atoms with Gasteiger partial charge in [-0.2, -0.15) is 0 Å². The third-order valence-corrected chi connectivity index (χ3v) is 6.30. The lowest BCUT2D eigenvalue weighted by Gasteiger charge is -2.24. The molecule has 0 saturated heterocycles. The first-order chi connectivity index (χ1) is 17.0. The SMILES string of the molecule is CCCn1c(N)c(N(CCOC)C(=O)c2nc(-c3ccccc3)n3c2CCCCC3)c(=O)[nH]c1=O. The number of nitrogens with one attached hydrogen (secondary N) is 1. The molecule has 0 aliphatic carbocycles. The first-order valence-corrected chi connectivity index (χ1v) is 12.1. The number of hydrogen-bond acceptors (Lipinski definition) is 6. The van der Waals surface area contributed by atoms with Crippen LogP contribution in [0.4, 0.5) is 11.5 Å². The van der Waals surface area contributed by atoms with Crippen LogP contribution in [0, 0.1) is 0 Å². The van der Waals surface area contributed by atoms with E-state index in [1.807, 2.05) is 37.3 Å². The van der Waals surface area contributed by atoms with E-state index in [-0.39, 0.29) is 24.7 Å². The molecule has 4 rings (SSSR count). The molecule has 0 spiro atoms. The van der Waals surface area contributed by atoms with Crippen LogP contribution < -0.4 is 21.9 Å². The molecule has 2 aromatic heterocycles. The van der Waals surface area contributed by atoms with Gasteiger partial charge >= 0.3 is 5.69 Å². The fraction of sp³-hybridized carbons (Fsp3) is 0.440. The summed E-state index contributed by atoms with van der Waals surface area (Å²) in [6.07, 6.45) is 4.35. The van der Waals surface area contributed by atoms with E-state index < -0.39 is 17.2 Å². The van der Waals surface area contributed by atoms with Crippen LogP contribution in [-0.4, -0.2) is 45.3 Å². The average Bonchev–Trinajstić information content (AvgIpc) is 3.04. The molecular formula is C25H32N6O4. The predicted octanol–water partition coefficient (Wildman–Crippen LogP) is 2.41. The maximum Gasteiger partial charge on any atom is 0.330 e. The largest absolute Gasteiger partial charge is 0.383 e. The van der Waals surface area contributed by atoms with Crippen molar-refractivity contribution >= 4 is 17.4 Å². The number of carbonyl (C=O) groups is 1. The maximum absolute atomic E-state index is 14.0. The highest BCUT2D eigenvalue weighted by Gasteiger charge is 2.31. The van der Waals surface area contributed by atoms with Crippen LogP contribution in [0.5, 0.6) is 0 Å². The smallest absolute Gasteiger partial charge is 0.330 e. The number of anilines is 2. The Labute approximate surface area is 203 Å². The van der Waals surface area contributed by atoms with Crippen molar-refractivity contribution in [1.82, 2.24) is 19.1 Å². The Morgan fingerprint density at radius 3 is 2.69 bits per heavy atom. The molecular weight excluding hydrogens is 448 g/mol. The molecule has 3 aromatic rings. The lowest BCUT2D eigenvalue weighted by molar-refractivity contribution is 0.0970. The van der Waals surface area contributed by atoms with E-state index in [0.717, 1.165) is 42.9 Å². The molecule has 0 radical (unpaired) electrons. The fourth-order valence-electron chi connectivity index (χ4n) is 4.61. The van der Waals surface area contributed by atoms with Gasteiger partial charge in [0.1, 0.15) is 11.6 Å². The quantitative estimate of drug-likeness (QED) is 0.510. The van der Waals surface area contributed by atoms with Gasteiger partial charge in [-0.25, -0.2) is 9.78 Å². The standard InChI is InChI=1S/C25H32N6O4/c1-3-13-31-21(26)20(23(32)28-25(31)34)30(15-16-35-2)24(33)19-18-12-8-5-9-14-29(18)22(27-19)17-10-6-4-7-11-17/h4,6-7,10-11H,3,5,8-9,12-16,26H2,1-2H3,(H,28,32,34). The van der Waals surface area contributed by atoms with Gasteiger partial charge in [0, 0.05) is 32.3 Å². The van der Waals surface area contributed by atoms with Crippen LogP contribution in [0.25, 0.3) is 11.4 Å². The summed E-state index contributed by atoms with van der Waals surface area (Å²) in [4.78, 5) is 47.7. The molecule has 3 heterocycles. The van der Waals surface area contributed by atoms with Crippen LogP contribution in [0.3, 0.4) is 0 Å². The van der Waals surface area contributed by atoms with E-state index in [1.54, 1.807) is 0 Å². The molecule has 1 aliphatic rings. The van der Waals surface area contributed by atoms with E-state index in [2.05, 4.69) is 9.55 Å². The van der Waals surface area contributed by atoms with Gasteiger partial charge in [0.15, 0.2) is 11.4 Å². The van der Waals surface area contributed by atoms with Crippen molar-refractivity contribution in [2.45, 2.75) is 52.1 Å². The zero-order valence-electron chi connectivity index (χ0n) is 20.2. The normalized spacial score (nSPS) is 13.3. The lowest BCUT2D eigenvalue weighted by Crippen LogP contribution is -2.43. The highest BCUT2D eigenvalue weighted by Crippen LogP contribution is 2.29. The van der Waals surface area contributed by atoms with E-state index in [0.29, 0.717) is 25.1 Å². The van der Waals surface area contributed by atoms with Gasteiger partial charge in [-0.05, 0) is 25.7 Å². The molecule has 186 valence electrons. The molecule has 0 fully saturated rings. The van der Waals surface area contributed by atoms with Crippen LogP contribution in [-0.2, 0) is 24.2 Å². The minimum Gasteiger partial charge on any atom is -0.383 e. The number of methoxy groups -OCH3 is 1. The summed E-state index contributed by atoms with van der Waals surface area (Å²) in [5.74, 6) is 0.253. The number of rotatable bonds is 8. The number of imidazole rings is 1. The summed E-state index contributed by atoms with van der Waals surface area (Å²) in [6.45, 7) is 3.25. The van der Waals surface area contributed by atoms with Crippen LogP contribution >= 0.6 is 0 Å². The van der Waals surface area contributed by atoms with Crippen molar-refractivity contribution in [2.24, 2.45) is 0 Å². The van der Waals surface area contributed by atoms with Gasteiger partial charge in [0.05, 0.1) is 12.3 Å². The number of nitrogens with two attached hydrogens (primary N) is 1. The number of aromatic nitrogens is 4. The number of amides is 1. The minimum atomic E-state index is -0.710. The first-order valence-electron chi connectivity index (χ1n) is 12.1. The summed E-state index contributed by atoms with van der Waals surface area (Å²) in [7, 11) is 1.52. The minimum absolute atomic E-state index is 0.0429.